The summed E-state index contributed by atoms with van der Waals surface area (Å²) in [6, 6.07) is 17.0. The first-order valence-corrected chi connectivity index (χ1v) is 11.4. The second-order valence-electron chi connectivity index (χ2n) is 6.97. The van der Waals surface area contributed by atoms with Gasteiger partial charge in [0.05, 0.1) is 16.1 Å². The Bertz CT molecular complexity index is 1200. The summed E-state index contributed by atoms with van der Waals surface area (Å²) in [5.41, 5.74) is 2.95. The lowest BCUT2D eigenvalue weighted by Gasteiger charge is -2.11. The molecular weight excluding hydrogens is 450 g/mol. The Balaban J connectivity index is 1.50. The molecule has 0 saturated heterocycles. The summed E-state index contributed by atoms with van der Waals surface area (Å²) in [6.45, 7) is 3.55. The number of anilines is 1. The van der Waals surface area contributed by atoms with Gasteiger partial charge in [0.25, 0.3) is 5.91 Å². The van der Waals surface area contributed by atoms with Crippen molar-refractivity contribution < 1.29 is 18.7 Å². The van der Waals surface area contributed by atoms with E-state index in [-0.39, 0.29) is 11.7 Å². The fourth-order valence-electron chi connectivity index (χ4n) is 3.21. The quantitative estimate of drug-likeness (QED) is 0.387. The third-order valence-electron chi connectivity index (χ3n) is 4.77. The molecule has 1 aliphatic heterocycles. The van der Waals surface area contributed by atoms with Gasteiger partial charge in [-0.05, 0) is 54.2 Å². The normalized spacial score (nSPS) is 12.9. The summed E-state index contributed by atoms with van der Waals surface area (Å²) in [4.78, 5) is 22.3. The number of hydrogen-bond donors (Lipinski definition) is 1. The maximum Gasteiger partial charge on any atom is 0.256 e. The van der Waals surface area contributed by atoms with Crippen molar-refractivity contribution >= 4 is 41.8 Å². The number of nitrogens with one attached hydrogen (secondary N) is 1. The van der Waals surface area contributed by atoms with Gasteiger partial charge in [-0.1, -0.05) is 36.0 Å². The topological polar surface area (TPSA) is 50.7 Å². The van der Waals surface area contributed by atoms with Crippen molar-refractivity contribution in [1.82, 2.24) is 0 Å². The second kappa shape index (κ2) is 10.0. The number of allylic oxidation sites excluding steroid dienone is 1. The average molecular weight is 469 g/mol. The molecule has 162 valence electrons. The molecule has 0 saturated carbocycles. The minimum absolute atomic E-state index is 0.161. The molecule has 0 aromatic heterocycles. The van der Waals surface area contributed by atoms with Crippen LogP contribution in [0.5, 0.6) is 5.75 Å². The van der Waals surface area contributed by atoms with Gasteiger partial charge in [0.15, 0.2) is 5.75 Å². The van der Waals surface area contributed by atoms with E-state index in [0.717, 1.165) is 20.9 Å². The molecule has 0 radical (unpaired) electrons. The van der Waals surface area contributed by atoms with Crippen molar-refractivity contribution in [1.29, 1.82) is 0 Å². The number of carbonyl (C=O) groups excluding carboxylic acids is 1. The van der Waals surface area contributed by atoms with Crippen LogP contribution in [0.1, 0.15) is 21.5 Å². The van der Waals surface area contributed by atoms with Crippen molar-refractivity contribution in [3.63, 3.8) is 0 Å². The van der Waals surface area contributed by atoms with Gasteiger partial charge in [0.1, 0.15) is 5.82 Å². The predicted molar refractivity (Wildman–Crippen MR) is 126 cm³/mol. The summed E-state index contributed by atoms with van der Waals surface area (Å²) >= 11 is 2.83. The SMILES string of the molecule is C=N/C=C(/Cc1ccc2c(c1)NC(=O)c1cccc(F)c1S2)SCc1ccc(OF)cc1. The van der Waals surface area contributed by atoms with Gasteiger partial charge < -0.3 is 5.32 Å². The zero-order valence-electron chi connectivity index (χ0n) is 16.8. The molecule has 4 rings (SSSR count). The van der Waals surface area contributed by atoms with Crippen LogP contribution in [0.2, 0.25) is 0 Å². The number of hydrogen-bond acceptors (Lipinski definition) is 5. The zero-order valence-corrected chi connectivity index (χ0v) is 18.4. The van der Waals surface area contributed by atoms with Crippen LogP contribution in [0.4, 0.5) is 14.6 Å². The number of benzene rings is 3. The summed E-state index contributed by atoms with van der Waals surface area (Å²) in [7, 11) is 0. The van der Waals surface area contributed by atoms with Gasteiger partial charge in [-0.25, -0.2) is 4.39 Å². The fourth-order valence-corrected chi connectivity index (χ4v) is 5.19. The first kappa shape index (κ1) is 22.1. The van der Waals surface area contributed by atoms with Gasteiger partial charge >= 0.3 is 0 Å². The third-order valence-corrected chi connectivity index (χ3v) is 7.06. The van der Waals surface area contributed by atoms with E-state index in [0.29, 0.717) is 28.3 Å². The lowest BCUT2D eigenvalue weighted by Crippen LogP contribution is -2.12. The number of carbonyl (C=O) groups is 1. The molecule has 1 N–H and O–H groups in total. The van der Waals surface area contributed by atoms with Crippen LogP contribution < -0.4 is 10.3 Å². The largest absolute Gasteiger partial charge is 0.321 e. The van der Waals surface area contributed by atoms with Crippen LogP contribution in [0.25, 0.3) is 0 Å². The van der Waals surface area contributed by atoms with Crippen LogP contribution in [0.15, 0.2) is 86.6 Å². The predicted octanol–water partition coefficient (Wildman–Crippen LogP) is 6.82. The van der Waals surface area contributed by atoms with E-state index in [1.165, 1.54) is 23.9 Å². The molecule has 0 atom stereocenters. The minimum atomic E-state index is -0.413. The van der Waals surface area contributed by atoms with Gasteiger partial charge in [-0.3, -0.25) is 14.7 Å². The summed E-state index contributed by atoms with van der Waals surface area (Å²) in [6.07, 6.45) is 2.29. The molecule has 0 fully saturated rings. The molecular formula is C24H18F2N2O2S2. The Labute approximate surface area is 192 Å². The van der Waals surface area contributed by atoms with Crippen molar-refractivity contribution in [2.45, 2.75) is 22.0 Å². The Morgan fingerprint density at radius 3 is 2.69 bits per heavy atom. The molecule has 1 aliphatic rings. The molecule has 3 aromatic carbocycles. The van der Waals surface area contributed by atoms with E-state index in [9.17, 15) is 13.7 Å². The molecule has 4 nitrogen and oxygen atoms in total. The highest BCUT2D eigenvalue weighted by atomic mass is 32.2. The number of halogens is 2. The molecule has 0 unspecified atom stereocenters. The number of amides is 1. The standard InChI is InChI=1S/C24H18F2N2O2S2/c1-27-13-18(31-14-15-5-8-17(30-26)9-6-15)11-16-7-10-22-21(12-16)28-24(29)19-3-2-4-20(25)23(19)32-22/h2-10,12-13H,1,11,14H2,(H,28,29)/b18-13-. The van der Waals surface area contributed by atoms with Crippen molar-refractivity contribution in [3.8, 4) is 5.75 Å². The highest BCUT2D eigenvalue weighted by Crippen LogP contribution is 2.41. The van der Waals surface area contributed by atoms with E-state index in [1.54, 1.807) is 48.3 Å². The van der Waals surface area contributed by atoms with Crippen LogP contribution >= 0.6 is 23.5 Å². The van der Waals surface area contributed by atoms with E-state index < -0.39 is 5.82 Å². The third kappa shape index (κ3) is 5.03. The number of fused-ring (bicyclic) bond motifs is 2. The smallest absolute Gasteiger partial charge is 0.256 e. The molecule has 0 spiro atoms. The molecule has 3 aromatic rings. The lowest BCUT2D eigenvalue weighted by atomic mass is 10.1. The highest BCUT2D eigenvalue weighted by Gasteiger charge is 2.22. The summed E-state index contributed by atoms with van der Waals surface area (Å²) < 4.78 is 26.5. The molecule has 0 aliphatic carbocycles. The maximum absolute atomic E-state index is 14.3. The average Bonchev–Trinajstić information content (AvgIpc) is 2.94. The summed E-state index contributed by atoms with van der Waals surface area (Å²) in [5, 5.41) is 2.89. The fraction of sp³-hybridized carbons (Fsp3) is 0.0833. The molecule has 32 heavy (non-hydrogen) atoms. The highest BCUT2D eigenvalue weighted by molar-refractivity contribution is 8.02. The van der Waals surface area contributed by atoms with Crippen LogP contribution in [-0.2, 0) is 12.2 Å². The van der Waals surface area contributed by atoms with E-state index >= 15 is 0 Å². The monoisotopic (exact) mass is 468 g/mol. The first-order valence-electron chi connectivity index (χ1n) is 9.63. The number of rotatable bonds is 7. The zero-order chi connectivity index (χ0) is 22.5. The lowest BCUT2D eigenvalue weighted by molar-refractivity contribution is -0.00621. The van der Waals surface area contributed by atoms with Crippen molar-refractivity contribution in [3.05, 3.63) is 94.3 Å². The van der Waals surface area contributed by atoms with Crippen LogP contribution in [0.3, 0.4) is 0 Å². The molecule has 1 heterocycles. The van der Waals surface area contributed by atoms with E-state index in [2.05, 4.69) is 22.0 Å². The number of nitrogens with zero attached hydrogens (tertiary/aromatic N) is 1. The summed E-state index contributed by atoms with van der Waals surface area (Å²) in [5.74, 6) is 0.0834. The number of aliphatic imine (C=N–C) groups is 1. The Morgan fingerprint density at radius 2 is 1.94 bits per heavy atom. The van der Waals surface area contributed by atoms with Crippen molar-refractivity contribution in [2.75, 3.05) is 5.32 Å². The van der Waals surface area contributed by atoms with Gasteiger partial charge in [-0.2, -0.15) is 0 Å². The minimum Gasteiger partial charge on any atom is -0.321 e. The second-order valence-corrected chi connectivity index (χ2v) is 9.12. The Morgan fingerprint density at radius 1 is 1.16 bits per heavy atom. The first-order chi connectivity index (χ1) is 15.6. The van der Waals surface area contributed by atoms with Crippen LogP contribution in [0, 0.1) is 5.82 Å². The van der Waals surface area contributed by atoms with E-state index in [1.807, 2.05) is 18.2 Å². The Hall–Kier alpha value is -3.10. The molecule has 0 bridgehead atoms. The molecule has 1 amide bonds. The van der Waals surface area contributed by atoms with E-state index in [4.69, 9.17) is 0 Å². The number of thioether (sulfide) groups is 1. The van der Waals surface area contributed by atoms with Gasteiger partial charge in [0.2, 0.25) is 0 Å². The Kier molecular flexibility index (Phi) is 6.92. The maximum atomic E-state index is 14.3. The molecule has 8 heteroatoms. The van der Waals surface area contributed by atoms with Crippen molar-refractivity contribution in [2.24, 2.45) is 4.99 Å². The van der Waals surface area contributed by atoms with Gasteiger partial charge in [-0.15, -0.1) is 11.8 Å². The van der Waals surface area contributed by atoms with Gasteiger partial charge in [0, 0.05) is 32.7 Å². The van der Waals surface area contributed by atoms with Crippen LogP contribution in [-0.4, -0.2) is 12.6 Å².